The van der Waals surface area contributed by atoms with Crippen LogP contribution in [0.15, 0.2) is 42.9 Å². The number of fused-ring (bicyclic) bond motifs is 1. The Morgan fingerprint density at radius 3 is 2.76 bits per heavy atom. The first-order valence-electron chi connectivity index (χ1n) is 11.7. The maximum absolute atomic E-state index is 13.7. The number of para-hydroxylation sites is 1. The van der Waals surface area contributed by atoms with Crippen LogP contribution in [-0.4, -0.2) is 68.2 Å². The van der Waals surface area contributed by atoms with E-state index in [9.17, 15) is 14.5 Å². The standard InChI is InChI=1S/C23H31N6O7P/c1-14(2)35-22(31)15(3)28-37(32,36-16-8-6-5-7-9-16)34-11-17-19(30)23(4,12-33-17)18-10-25-21-20(24)26-13-27-29(18)21/h5-10,13-15,17,19,30H,11-12H2,1-4H3,(H,28,32)(H2,24,26,27)/t15-,17+,19+,23?,37?/m0/s1. The number of nitrogens with zero attached hydrogens (tertiary/aromatic N) is 4. The van der Waals surface area contributed by atoms with E-state index in [2.05, 4.69) is 20.2 Å². The molecule has 0 radical (unpaired) electrons. The van der Waals surface area contributed by atoms with Crippen LogP contribution in [0, 0.1) is 0 Å². The largest absolute Gasteiger partial charge is 0.462 e. The van der Waals surface area contributed by atoms with Gasteiger partial charge >= 0.3 is 13.7 Å². The van der Waals surface area contributed by atoms with E-state index < -0.39 is 37.4 Å². The number of benzene rings is 1. The fourth-order valence-corrected chi connectivity index (χ4v) is 5.46. The van der Waals surface area contributed by atoms with Crippen LogP contribution < -0.4 is 15.3 Å². The molecule has 5 atom stereocenters. The van der Waals surface area contributed by atoms with Crippen molar-refractivity contribution in [1.82, 2.24) is 24.7 Å². The van der Waals surface area contributed by atoms with Gasteiger partial charge in [-0.05, 0) is 39.8 Å². The normalized spacial score (nSPS) is 24.2. The fraction of sp³-hybridized carbons (Fsp3) is 0.478. The summed E-state index contributed by atoms with van der Waals surface area (Å²) < 4.78 is 37.6. The molecule has 0 aliphatic carbocycles. The maximum Gasteiger partial charge on any atom is 0.459 e. The van der Waals surface area contributed by atoms with E-state index >= 15 is 0 Å². The van der Waals surface area contributed by atoms with Crippen molar-refractivity contribution in [2.45, 2.75) is 57.5 Å². The van der Waals surface area contributed by atoms with Gasteiger partial charge in [-0.15, -0.1) is 0 Å². The number of aliphatic hydroxyl groups is 1. The van der Waals surface area contributed by atoms with E-state index in [1.54, 1.807) is 57.3 Å². The molecular formula is C23H31N6O7P. The number of nitrogens with one attached hydrogen (secondary N) is 1. The number of hydrogen-bond acceptors (Lipinski definition) is 11. The zero-order valence-corrected chi connectivity index (χ0v) is 21.9. The zero-order chi connectivity index (χ0) is 26.8. The van der Waals surface area contributed by atoms with Gasteiger partial charge in [0, 0.05) is 0 Å². The fourth-order valence-electron chi connectivity index (χ4n) is 3.96. The van der Waals surface area contributed by atoms with Crippen molar-refractivity contribution in [3.63, 3.8) is 0 Å². The second-order valence-electron chi connectivity index (χ2n) is 9.27. The summed E-state index contributed by atoms with van der Waals surface area (Å²) >= 11 is 0. The highest BCUT2D eigenvalue weighted by atomic mass is 31.2. The minimum atomic E-state index is -4.12. The SMILES string of the molecule is CC(C)OC(=O)[C@H](C)NP(=O)(OC[C@H]1OCC(C)(c2cnc3c(N)ncnn23)[C@@H]1O)Oc1ccccc1. The van der Waals surface area contributed by atoms with E-state index in [1.807, 2.05) is 0 Å². The van der Waals surface area contributed by atoms with Crippen LogP contribution in [0.1, 0.15) is 33.4 Å². The second kappa shape index (κ2) is 10.7. The zero-order valence-electron chi connectivity index (χ0n) is 21.0. The number of anilines is 1. The number of hydrogen-bond donors (Lipinski definition) is 3. The predicted octanol–water partition coefficient (Wildman–Crippen LogP) is 1.86. The quantitative estimate of drug-likeness (QED) is 0.255. The highest BCUT2D eigenvalue weighted by Gasteiger charge is 2.50. The van der Waals surface area contributed by atoms with Crippen LogP contribution in [-0.2, 0) is 28.8 Å². The molecule has 37 heavy (non-hydrogen) atoms. The van der Waals surface area contributed by atoms with Gasteiger partial charge in [0.1, 0.15) is 24.2 Å². The van der Waals surface area contributed by atoms with Crippen molar-refractivity contribution in [1.29, 1.82) is 0 Å². The molecule has 1 aliphatic heterocycles. The Morgan fingerprint density at radius 1 is 1.32 bits per heavy atom. The van der Waals surface area contributed by atoms with Crippen LogP contribution in [0.25, 0.3) is 5.65 Å². The second-order valence-corrected chi connectivity index (χ2v) is 11.0. The molecule has 3 aromatic rings. The molecule has 0 amide bonds. The molecule has 13 nitrogen and oxygen atoms in total. The first-order chi connectivity index (χ1) is 17.5. The summed E-state index contributed by atoms with van der Waals surface area (Å²) in [4.78, 5) is 20.5. The third-order valence-corrected chi connectivity index (χ3v) is 7.60. The number of aromatic nitrogens is 4. The predicted molar refractivity (Wildman–Crippen MR) is 133 cm³/mol. The average Bonchev–Trinajstić information content (AvgIpc) is 3.41. The highest BCUT2D eigenvalue weighted by molar-refractivity contribution is 7.52. The van der Waals surface area contributed by atoms with Gasteiger partial charge in [-0.2, -0.15) is 10.2 Å². The van der Waals surface area contributed by atoms with Gasteiger partial charge in [-0.1, -0.05) is 18.2 Å². The summed E-state index contributed by atoms with van der Waals surface area (Å²) in [6.45, 7) is 6.51. The van der Waals surface area contributed by atoms with Gasteiger partial charge in [0.15, 0.2) is 11.5 Å². The Kier molecular flexibility index (Phi) is 7.81. The molecule has 14 heteroatoms. The Bertz CT molecular complexity index is 1290. The van der Waals surface area contributed by atoms with Crippen LogP contribution in [0.4, 0.5) is 5.82 Å². The summed E-state index contributed by atoms with van der Waals surface area (Å²) in [6, 6.07) is 7.39. The minimum Gasteiger partial charge on any atom is -0.462 e. The van der Waals surface area contributed by atoms with Gasteiger partial charge < -0.3 is 24.8 Å². The van der Waals surface area contributed by atoms with E-state index in [0.29, 0.717) is 11.3 Å². The van der Waals surface area contributed by atoms with Crippen molar-refractivity contribution in [3.8, 4) is 5.75 Å². The van der Waals surface area contributed by atoms with Gasteiger partial charge in [0.25, 0.3) is 0 Å². The lowest BCUT2D eigenvalue weighted by atomic mass is 9.82. The van der Waals surface area contributed by atoms with E-state index in [4.69, 9.17) is 24.3 Å². The van der Waals surface area contributed by atoms with Crippen LogP contribution in [0.3, 0.4) is 0 Å². The number of carbonyl (C=O) groups excluding carboxylic acids is 1. The molecule has 3 heterocycles. The third kappa shape index (κ3) is 5.76. The summed E-state index contributed by atoms with van der Waals surface area (Å²) in [5.41, 5.74) is 5.88. The van der Waals surface area contributed by atoms with Gasteiger partial charge in [-0.3, -0.25) is 9.32 Å². The van der Waals surface area contributed by atoms with Crippen molar-refractivity contribution >= 4 is 25.2 Å². The summed E-state index contributed by atoms with van der Waals surface area (Å²) in [6.07, 6.45) is 0.545. The lowest BCUT2D eigenvalue weighted by Crippen LogP contribution is -2.42. The Morgan fingerprint density at radius 2 is 2.05 bits per heavy atom. The molecule has 0 saturated carbocycles. The van der Waals surface area contributed by atoms with Crippen molar-refractivity contribution in [2.24, 2.45) is 0 Å². The van der Waals surface area contributed by atoms with Gasteiger partial charge in [-0.25, -0.2) is 19.0 Å². The van der Waals surface area contributed by atoms with E-state index in [-0.39, 0.29) is 30.9 Å². The van der Waals surface area contributed by atoms with Crippen LogP contribution in [0.5, 0.6) is 5.75 Å². The maximum atomic E-state index is 13.7. The molecule has 1 aliphatic rings. The molecule has 1 aromatic carbocycles. The summed E-state index contributed by atoms with van der Waals surface area (Å²) in [7, 11) is -4.12. The molecular weight excluding hydrogens is 503 g/mol. The van der Waals surface area contributed by atoms with Crippen molar-refractivity contribution in [3.05, 3.63) is 48.5 Å². The lowest BCUT2D eigenvalue weighted by molar-refractivity contribution is -0.149. The first-order valence-corrected chi connectivity index (χ1v) is 13.3. The lowest BCUT2D eigenvalue weighted by Gasteiger charge is -2.28. The Hall–Kier alpha value is -3.09. The number of nitrogens with two attached hydrogens (primary N) is 1. The highest BCUT2D eigenvalue weighted by Crippen LogP contribution is 2.46. The molecule has 4 N–H and O–H groups in total. The Balaban J connectivity index is 1.51. The summed E-state index contributed by atoms with van der Waals surface area (Å²) in [5.74, 6) is -0.147. The number of carbonyl (C=O) groups is 1. The Labute approximate surface area is 213 Å². The smallest absolute Gasteiger partial charge is 0.459 e. The molecule has 1 saturated heterocycles. The van der Waals surface area contributed by atoms with Crippen LogP contribution in [0.2, 0.25) is 0 Å². The molecule has 4 rings (SSSR count). The molecule has 2 aromatic heterocycles. The molecule has 0 bridgehead atoms. The molecule has 200 valence electrons. The van der Waals surface area contributed by atoms with E-state index in [0.717, 1.165) is 0 Å². The van der Waals surface area contributed by atoms with E-state index in [1.165, 1.54) is 17.8 Å². The molecule has 0 spiro atoms. The molecule has 1 fully saturated rings. The van der Waals surface area contributed by atoms with Gasteiger partial charge in [0.2, 0.25) is 0 Å². The number of aliphatic hydroxyl groups excluding tert-OH is 1. The number of ether oxygens (including phenoxy) is 2. The number of esters is 1. The molecule has 2 unspecified atom stereocenters. The summed E-state index contributed by atoms with van der Waals surface area (Å²) in [5, 5.41) is 18.0. The van der Waals surface area contributed by atoms with Crippen molar-refractivity contribution < 1.29 is 33.0 Å². The number of nitrogen functional groups attached to an aromatic ring is 1. The topological polar surface area (TPSA) is 172 Å². The van der Waals surface area contributed by atoms with Gasteiger partial charge in [0.05, 0.1) is 42.7 Å². The first kappa shape index (κ1) is 27.0. The van der Waals surface area contributed by atoms with Crippen LogP contribution >= 0.6 is 7.75 Å². The monoisotopic (exact) mass is 534 g/mol. The van der Waals surface area contributed by atoms with Crippen molar-refractivity contribution in [2.75, 3.05) is 18.9 Å². The minimum absolute atomic E-state index is 0.105. The average molecular weight is 535 g/mol. The third-order valence-electron chi connectivity index (χ3n) is 5.95. The number of imidazole rings is 1. The number of rotatable bonds is 10.